The van der Waals surface area contributed by atoms with Crippen molar-refractivity contribution in [2.45, 2.75) is 331 Å². The maximum Gasteiger partial charge on any atom is 0.220 e. The van der Waals surface area contributed by atoms with Crippen LogP contribution in [0.5, 0.6) is 0 Å². The number of ether oxygens (including phenoxy) is 4. The summed E-state index contributed by atoms with van der Waals surface area (Å²) in [5, 5.41) is 87.1. The highest BCUT2D eigenvalue weighted by molar-refractivity contribution is 5.76. The molecular formula is C60H113NO13. The standard InChI is InChI=1S/C60H113NO13/c1-3-5-7-9-11-13-15-17-19-21-22-23-24-25-26-28-30-32-34-36-38-40-42-44-52(65)61-48(49(64)43-41-39-37-35-33-31-29-27-20-18-16-14-12-10-8-6-4-2)47-71-59-57(70)55(68)58(51(46-63)73-59)74-60-56(69)54(67)53(66)50(45-62)72-60/h33,35,41,43,48-51,53-60,62-64,66-70H,3-32,34,36-40,42,44-47H2,1-2H3,(H,61,65)/b35-33+,43-41+. The Labute approximate surface area is 449 Å². The molecule has 14 nitrogen and oxygen atoms in total. The number of amides is 1. The predicted molar refractivity (Wildman–Crippen MR) is 295 cm³/mol. The quantitative estimate of drug-likeness (QED) is 0.0204. The first-order valence-electron chi connectivity index (χ1n) is 30.6. The van der Waals surface area contributed by atoms with Crippen LogP contribution < -0.4 is 5.32 Å². The zero-order valence-corrected chi connectivity index (χ0v) is 46.8. The number of carbonyl (C=O) groups is 1. The number of hydrogen-bond donors (Lipinski definition) is 9. The maximum atomic E-state index is 13.3. The summed E-state index contributed by atoms with van der Waals surface area (Å²) in [6.45, 7) is 2.81. The lowest BCUT2D eigenvalue weighted by Crippen LogP contribution is -2.65. The minimum absolute atomic E-state index is 0.244. The third-order valence-electron chi connectivity index (χ3n) is 15.1. The highest BCUT2D eigenvalue weighted by Gasteiger charge is 2.51. The van der Waals surface area contributed by atoms with Gasteiger partial charge in [0.2, 0.25) is 5.91 Å². The summed E-state index contributed by atoms with van der Waals surface area (Å²) in [5.74, 6) is -0.244. The average Bonchev–Trinajstić information content (AvgIpc) is 3.40. The molecule has 9 N–H and O–H groups in total. The van der Waals surface area contributed by atoms with Gasteiger partial charge in [0, 0.05) is 6.42 Å². The summed E-state index contributed by atoms with van der Waals surface area (Å²) in [7, 11) is 0. The van der Waals surface area contributed by atoms with E-state index in [2.05, 4.69) is 31.3 Å². The van der Waals surface area contributed by atoms with Crippen molar-refractivity contribution in [2.75, 3.05) is 19.8 Å². The Morgan fingerprint density at radius 2 is 0.865 bits per heavy atom. The van der Waals surface area contributed by atoms with Crippen molar-refractivity contribution >= 4 is 5.91 Å². The molecule has 2 saturated heterocycles. The summed E-state index contributed by atoms with van der Waals surface area (Å²) >= 11 is 0. The monoisotopic (exact) mass is 1060 g/mol. The van der Waals surface area contributed by atoms with Crippen molar-refractivity contribution in [3.63, 3.8) is 0 Å². The van der Waals surface area contributed by atoms with Gasteiger partial charge in [-0.15, -0.1) is 0 Å². The molecule has 0 spiro atoms. The molecule has 0 aromatic rings. The van der Waals surface area contributed by atoms with Gasteiger partial charge in [0.15, 0.2) is 12.6 Å². The Balaban J connectivity index is 1.75. The fraction of sp³-hybridized carbons (Fsp3) is 0.917. The van der Waals surface area contributed by atoms with Crippen molar-refractivity contribution in [1.82, 2.24) is 5.32 Å². The van der Waals surface area contributed by atoms with Gasteiger partial charge in [-0.2, -0.15) is 0 Å². The lowest BCUT2D eigenvalue weighted by molar-refractivity contribution is -0.359. The van der Waals surface area contributed by atoms with Crippen molar-refractivity contribution in [3.05, 3.63) is 24.3 Å². The maximum absolute atomic E-state index is 13.3. The Morgan fingerprint density at radius 1 is 0.473 bits per heavy atom. The molecule has 2 heterocycles. The molecule has 74 heavy (non-hydrogen) atoms. The number of aliphatic hydroxyl groups is 8. The highest BCUT2D eigenvalue weighted by Crippen LogP contribution is 2.30. The molecule has 14 heteroatoms. The summed E-state index contributed by atoms with van der Waals surface area (Å²) in [6, 6.07) is -0.927. The number of rotatable bonds is 49. The van der Waals surface area contributed by atoms with Gasteiger partial charge in [-0.25, -0.2) is 0 Å². The fourth-order valence-corrected chi connectivity index (χ4v) is 10.2. The molecular weight excluding hydrogens is 943 g/mol. The van der Waals surface area contributed by atoms with E-state index in [1.807, 2.05) is 6.08 Å². The molecule has 0 aromatic heterocycles. The van der Waals surface area contributed by atoms with E-state index in [0.29, 0.717) is 12.8 Å². The average molecular weight is 1060 g/mol. The van der Waals surface area contributed by atoms with E-state index in [9.17, 15) is 45.6 Å². The zero-order chi connectivity index (χ0) is 53.9. The van der Waals surface area contributed by atoms with Gasteiger partial charge in [0.25, 0.3) is 0 Å². The molecule has 2 aliphatic heterocycles. The largest absolute Gasteiger partial charge is 0.394 e. The van der Waals surface area contributed by atoms with Crippen LogP contribution in [-0.2, 0) is 23.7 Å². The topological polar surface area (TPSA) is 228 Å². The van der Waals surface area contributed by atoms with Crippen LogP contribution in [0, 0.1) is 0 Å². The molecule has 1 amide bonds. The number of aliphatic hydroxyl groups excluding tert-OH is 8. The lowest BCUT2D eigenvalue weighted by Gasteiger charge is -2.46. The first-order chi connectivity index (χ1) is 36.1. The molecule has 0 aromatic carbocycles. The number of allylic oxidation sites excluding steroid dienone is 3. The van der Waals surface area contributed by atoms with E-state index in [1.165, 1.54) is 193 Å². The Kier molecular flexibility index (Phi) is 43.0. The predicted octanol–water partition coefficient (Wildman–Crippen LogP) is 10.4. The van der Waals surface area contributed by atoms with E-state index in [1.54, 1.807) is 6.08 Å². The second-order valence-corrected chi connectivity index (χ2v) is 21.8. The molecule has 0 aliphatic carbocycles. The number of hydrogen-bond acceptors (Lipinski definition) is 13. The van der Waals surface area contributed by atoms with Crippen molar-refractivity contribution in [1.29, 1.82) is 0 Å². The Bertz CT molecular complexity index is 1340. The second-order valence-electron chi connectivity index (χ2n) is 21.8. The summed E-state index contributed by atoms with van der Waals surface area (Å²) < 4.78 is 22.8. The first kappa shape index (κ1) is 68.6. The zero-order valence-electron chi connectivity index (χ0n) is 46.8. The van der Waals surface area contributed by atoms with Gasteiger partial charge >= 0.3 is 0 Å². The van der Waals surface area contributed by atoms with Crippen LogP contribution in [0.2, 0.25) is 0 Å². The van der Waals surface area contributed by atoms with Crippen LogP contribution in [0.3, 0.4) is 0 Å². The van der Waals surface area contributed by atoms with Crippen molar-refractivity contribution in [2.24, 2.45) is 0 Å². The normalized spacial score (nSPS) is 25.3. The number of unbranched alkanes of at least 4 members (excludes halogenated alkanes) is 34. The van der Waals surface area contributed by atoms with E-state index >= 15 is 0 Å². The SMILES string of the molecule is CCCCCCCCCCCCC/C=C/CC/C=C/C(O)C(COC1OC(CO)C(OC2OC(CO)C(O)C(O)C2O)C(O)C1O)NC(=O)CCCCCCCCCCCCCCCCCCCCCCCCC. The van der Waals surface area contributed by atoms with Crippen LogP contribution in [-0.4, -0.2) is 140 Å². The minimum atomic E-state index is -1.79. The van der Waals surface area contributed by atoms with Crippen LogP contribution in [0.4, 0.5) is 0 Å². The van der Waals surface area contributed by atoms with Crippen LogP contribution in [0.25, 0.3) is 0 Å². The van der Waals surface area contributed by atoms with Crippen LogP contribution in [0.1, 0.15) is 258 Å². The Morgan fingerprint density at radius 3 is 1.32 bits per heavy atom. The van der Waals surface area contributed by atoms with Crippen LogP contribution in [0.15, 0.2) is 24.3 Å². The van der Waals surface area contributed by atoms with E-state index in [0.717, 1.165) is 32.1 Å². The van der Waals surface area contributed by atoms with E-state index in [4.69, 9.17) is 18.9 Å². The van der Waals surface area contributed by atoms with E-state index in [-0.39, 0.29) is 18.9 Å². The molecule has 12 atom stereocenters. The van der Waals surface area contributed by atoms with Gasteiger partial charge in [-0.05, 0) is 32.1 Å². The molecule has 436 valence electrons. The first-order valence-corrected chi connectivity index (χ1v) is 30.6. The smallest absolute Gasteiger partial charge is 0.220 e. The molecule has 2 aliphatic rings. The van der Waals surface area contributed by atoms with Crippen LogP contribution >= 0.6 is 0 Å². The van der Waals surface area contributed by atoms with Gasteiger partial charge in [-0.3, -0.25) is 4.79 Å². The molecule has 12 unspecified atom stereocenters. The molecule has 0 bridgehead atoms. The summed E-state index contributed by atoms with van der Waals surface area (Å²) in [4.78, 5) is 13.3. The minimum Gasteiger partial charge on any atom is -0.394 e. The third kappa shape index (κ3) is 31.8. The highest BCUT2D eigenvalue weighted by atomic mass is 16.7. The van der Waals surface area contributed by atoms with Crippen molar-refractivity contribution < 1.29 is 64.6 Å². The third-order valence-corrected chi connectivity index (χ3v) is 15.1. The molecule has 0 saturated carbocycles. The second kappa shape index (κ2) is 46.4. The summed E-state index contributed by atoms with van der Waals surface area (Å²) in [6.07, 6.45) is 37.9. The van der Waals surface area contributed by atoms with Gasteiger partial charge in [0.1, 0.15) is 48.8 Å². The number of nitrogens with one attached hydrogen (secondary N) is 1. The van der Waals surface area contributed by atoms with Gasteiger partial charge in [0.05, 0.1) is 32.0 Å². The number of carbonyl (C=O) groups excluding carboxylic acids is 1. The fourth-order valence-electron chi connectivity index (χ4n) is 10.2. The van der Waals surface area contributed by atoms with Gasteiger partial charge in [-0.1, -0.05) is 244 Å². The molecule has 2 fully saturated rings. The lowest BCUT2D eigenvalue weighted by atomic mass is 9.97. The van der Waals surface area contributed by atoms with Crippen molar-refractivity contribution in [3.8, 4) is 0 Å². The Hall–Kier alpha value is -1.53. The van der Waals surface area contributed by atoms with E-state index < -0.39 is 86.8 Å². The molecule has 2 rings (SSSR count). The summed E-state index contributed by atoms with van der Waals surface area (Å²) in [5.41, 5.74) is 0. The van der Waals surface area contributed by atoms with Gasteiger partial charge < -0.3 is 65.1 Å². The molecule has 0 radical (unpaired) electrons.